The smallest absolute Gasteiger partial charge is 0.327 e. The molecule has 146 valence electrons. The van der Waals surface area contributed by atoms with E-state index in [1.165, 1.54) is 14.2 Å². The van der Waals surface area contributed by atoms with Gasteiger partial charge in [0.05, 0.1) is 24.5 Å². The Morgan fingerprint density at radius 1 is 1.21 bits per heavy atom. The van der Waals surface area contributed by atoms with Gasteiger partial charge in [0, 0.05) is 24.7 Å². The molecule has 0 unspecified atom stereocenters. The van der Waals surface area contributed by atoms with Crippen LogP contribution in [0.25, 0.3) is 10.9 Å². The van der Waals surface area contributed by atoms with E-state index in [0.29, 0.717) is 0 Å². The average Bonchev–Trinajstić information content (AvgIpc) is 3.17. The summed E-state index contributed by atoms with van der Waals surface area (Å²) in [6.45, 7) is 3.73. The molecule has 0 spiro atoms. The Bertz CT molecular complexity index is 983. The first-order chi connectivity index (χ1) is 13.3. The zero-order chi connectivity index (χ0) is 20.2. The molecule has 2 aliphatic heterocycles. The highest BCUT2D eigenvalue weighted by Gasteiger charge is 2.69. The van der Waals surface area contributed by atoms with Crippen LogP contribution < -0.4 is 5.32 Å². The second-order valence-electron chi connectivity index (χ2n) is 7.79. The summed E-state index contributed by atoms with van der Waals surface area (Å²) >= 11 is 0. The number of nitrogens with one attached hydrogen (secondary N) is 1. The quantitative estimate of drug-likeness (QED) is 0.643. The monoisotopic (exact) mass is 381 g/mol. The molecular formula is C21H23N3O4. The van der Waals surface area contributed by atoms with Crippen molar-refractivity contribution in [1.82, 2.24) is 15.2 Å². The van der Waals surface area contributed by atoms with E-state index in [1.54, 1.807) is 6.20 Å². The van der Waals surface area contributed by atoms with Crippen molar-refractivity contribution in [2.45, 2.75) is 25.4 Å². The molecule has 3 heterocycles. The summed E-state index contributed by atoms with van der Waals surface area (Å²) in [5.41, 5.74) is 0.374. The number of esters is 1. The van der Waals surface area contributed by atoms with E-state index < -0.39 is 29.4 Å². The number of carbonyl (C=O) groups is 3. The number of aromatic nitrogens is 1. The molecule has 4 atom stereocenters. The van der Waals surface area contributed by atoms with Gasteiger partial charge in [-0.2, -0.15) is 0 Å². The molecule has 7 nitrogen and oxygen atoms in total. The molecule has 1 N–H and O–H groups in total. The van der Waals surface area contributed by atoms with E-state index in [9.17, 15) is 14.4 Å². The van der Waals surface area contributed by atoms with Gasteiger partial charge in [-0.15, -0.1) is 0 Å². The average molecular weight is 381 g/mol. The number of benzene rings is 1. The van der Waals surface area contributed by atoms with Crippen LogP contribution in [0.1, 0.15) is 25.5 Å². The maximum atomic E-state index is 13.0. The van der Waals surface area contributed by atoms with Crippen molar-refractivity contribution < 1.29 is 19.1 Å². The van der Waals surface area contributed by atoms with Crippen LogP contribution in [0.4, 0.5) is 0 Å². The molecule has 2 aromatic rings. The fourth-order valence-corrected chi connectivity index (χ4v) is 4.86. The van der Waals surface area contributed by atoms with Crippen molar-refractivity contribution in [3.63, 3.8) is 0 Å². The van der Waals surface area contributed by atoms with Gasteiger partial charge < -0.3 is 4.74 Å². The highest BCUT2D eigenvalue weighted by Crippen LogP contribution is 2.52. The van der Waals surface area contributed by atoms with E-state index in [0.717, 1.165) is 21.4 Å². The van der Waals surface area contributed by atoms with Crippen LogP contribution in [0.5, 0.6) is 0 Å². The lowest BCUT2D eigenvalue weighted by Crippen LogP contribution is -2.59. The van der Waals surface area contributed by atoms with Crippen LogP contribution in [0, 0.1) is 17.8 Å². The fourth-order valence-electron chi connectivity index (χ4n) is 4.86. The number of carbonyl (C=O) groups excluding carboxylic acids is 3. The van der Waals surface area contributed by atoms with Gasteiger partial charge in [-0.05, 0) is 23.6 Å². The Labute approximate surface area is 163 Å². The summed E-state index contributed by atoms with van der Waals surface area (Å²) in [5, 5.41) is 4.27. The molecule has 4 rings (SSSR count). The Balaban J connectivity index is 1.95. The molecule has 1 aromatic carbocycles. The van der Waals surface area contributed by atoms with Gasteiger partial charge >= 0.3 is 5.97 Å². The molecule has 2 fully saturated rings. The number of rotatable bonds is 3. The summed E-state index contributed by atoms with van der Waals surface area (Å²) in [5.74, 6) is -2.88. The molecule has 0 saturated carbocycles. The second kappa shape index (κ2) is 6.38. The predicted molar refractivity (Wildman–Crippen MR) is 102 cm³/mol. The summed E-state index contributed by atoms with van der Waals surface area (Å²) in [4.78, 5) is 44.5. The molecule has 2 aliphatic rings. The molecule has 0 aliphatic carbocycles. The fraction of sp³-hybridized carbons (Fsp3) is 0.429. The Hall–Kier alpha value is -2.80. The molecule has 0 radical (unpaired) electrons. The standard InChI is InChI=1S/C21H23N3O4/c1-11(2)21(20(27)28-4)16-15(18(25)24(3)19(16)26)17(23-21)13-9-10-22-14-8-6-5-7-12(13)14/h5-11,15-17,23H,1-4H3/t15-,16-,17-,21-/m1/s1. The largest absolute Gasteiger partial charge is 0.468 e. The number of hydrogen-bond donors (Lipinski definition) is 1. The lowest BCUT2D eigenvalue weighted by molar-refractivity contribution is -0.156. The summed E-state index contributed by atoms with van der Waals surface area (Å²) in [7, 11) is 2.79. The predicted octanol–water partition coefficient (Wildman–Crippen LogP) is 1.68. The topological polar surface area (TPSA) is 88.6 Å². The maximum Gasteiger partial charge on any atom is 0.327 e. The summed E-state index contributed by atoms with van der Waals surface area (Å²) in [6, 6.07) is 8.99. The Morgan fingerprint density at radius 2 is 1.93 bits per heavy atom. The minimum absolute atomic E-state index is 0.256. The van der Waals surface area contributed by atoms with Crippen LogP contribution in [0.2, 0.25) is 0 Å². The number of likely N-dealkylation sites (tertiary alicyclic amines) is 1. The van der Waals surface area contributed by atoms with Crippen LogP contribution in [-0.2, 0) is 19.1 Å². The molecule has 1 aromatic heterocycles. The van der Waals surface area contributed by atoms with Crippen LogP contribution in [-0.4, -0.2) is 47.4 Å². The number of pyridine rings is 1. The van der Waals surface area contributed by atoms with Crippen molar-refractivity contribution in [3.8, 4) is 0 Å². The van der Waals surface area contributed by atoms with Crippen molar-refractivity contribution in [1.29, 1.82) is 0 Å². The SMILES string of the molecule is COC(=O)[C@]1(C(C)C)N[C@H](c2ccnc3ccccc23)[C@@H]2C(=O)N(C)C(=O)[C@@H]21. The first-order valence-corrected chi connectivity index (χ1v) is 9.35. The number of amides is 2. The third-order valence-corrected chi connectivity index (χ3v) is 6.27. The van der Waals surface area contributed by atoms with E-state index >= 15 is 0 Å². The molecule has 2 saturated heterocycles. The molecule has 28 heavy (non-hydrogen) atoms. The van der Waals surface area contributed by atoms with Gasteiger partial charge in [-0.25, -0.2) is 0 Å². The number of fused-ring (bicyclic) bond motifs is 2. The van der Waals surface area contributed by atoms with Gasteiger partial charge in [0.25, 0.3) is 0 Å². The van der Waals surface area contributed by atoms with Crippen LogP contribution >= 0.6 is 0 Å². The molecule has 7 heteroatoms. The number of methoxy groups -OCH3 is 1. The first kappa shape index (κ1) is 18.6. The zero-order valence-corrected chi connectivity index (χ0v) is 16.3. The Morgan fingerprint density at radius 3 is 2.61 bits per heavy atom. The number of para-hydroxylation sites is 1. The lowest BCUT2D eigenvalue weighted by atomic mass is 9.73. The molecule has 2 amide bonds. The number of hydrogen-bond acceptors (Lipinski definition) is 6. The van der Waals surface area contributed by atoms with E-state index in [-0.39, 0.29) is 17.7 Å². The number of imide groups is 1. The van der Waals surface area contributed by atoms with Crippen LogP contribution in [0.15, 0.2) is 36.5 Å². The van der Waals surface area contributed by atoms with E-state index in [4.69, 9.17) is 4.74 Å². The summed E-state index contributed by atoms with van der Waals surface area (Å²) < 4.78 is 5.10. The normalized spacial score (nSPS) is 29.6. The molecule has 0 bridgehead atoms. The molecular weight excluding hydrogens is 358 g/mol. The van der Waals surface area contributed by atoms with E-state index in [1.807, 2.05) is 44.2 Å². The van der Waals surface area contributed by atoms with Crippen molar-refractivity contribution in [3.05, 3.63) is 42.1 Å². The highest BCUT2D eigenvalue weighted by molar-refractivity contribution is 6.09. The van der Waals surface area contributed by atoms with Crippen molar-refractivity contribution in [2.75, 3.05) is 14.2 Å². The minimum Gasteiger partial charge on any atom is -0.468 e. The van der Waals surface area contributed by atoms with E-state index in [2.05, 4.69) is 10.3 Å². The van der Waals surface area contributed by atoms with Gasteiger partial charge in [0.1, 0.15) is 5.54 Å². The van der Waals surface area contributed by atoms with Crippen molar-refractivity contribution in [2.24, 2.45) is 17.8 Å². The van der Waals surface area contributed by atoms with Gasteiger partial charge in [0.2, 0.25) is 11.8 Å². The van der Waals surface area contributed by atoms with Gasteiger partial charge in [-0.1, -0.05) is 32.0 Å². The van der Waals surface area contributed by atoms with Crippen molar-refractivity contribution >= 4 is 28.7 Å². The summed E-state index contributed by atoms with van der Waals surface area (Å²) in [6.07, 6.45) is 1.69. The second-order valence-corrected chi connectivity index (χ2v) is 7.79. The third kappa shape index (κ3) is 2.26. The number of ether oxygens (including phenoxy) is 1. The third-order valence-electron chi connectivity index (χ3n) is 6.27. The minimum atomic E-state index is -1.27. The lowest BCUT2D eigenvalue weighted by Gasteiger charge is -2.35. The highest BCUT2D eigenvalue weighted by atomic mass is 16.5. The zero-order valence-electron chi connectivity index (χ0n) is 16.3. The first-order valence-electron chi connectivity index (χ1n) is 9.35. The Kier molecular flexibility index (Phi) is 4.23. The maximum absolute atomic E-state index is 13.0. The number of nitrogens with zero attached hydrogens (tertiary/aromatic N) is 2. The van der Waals surface area contributed by atoms with Crippen LogP contribution in [0.3, 0.4) is 0 Å². The van der Waals surface area contributed by atoms with Gasteiger partial charge in [0.15, 0.2) is 0 Å². The van der Waals surface area contributed by atoms with Gasteiger partial charge in [-0.3, -0.25) is 29.6 Å².